The predicted octanol–water partition coefficient (Wildman–Crippen LogP) is 4.68. The van der Waals surface area contributed by atoms with E-state index in [1.165, 1.54) is 75.7 Å². The summed E-state index contributed by atoms with van der Waals surface area (Å²) in [5.74, 6) is 7.80. The largest absolute Gasteiger partial charge is 0.350 e. The second kappa shape index (κ2) is 5.59. The minimum atomic E-state index is 0.205. The van der Waals surface area contributed by atoms with E-state index in [4.69, 9.17) is 0 Å². The van der Waals surface area contributed by atoms with Gasteiger partial charge >= 0.3 is 0 Å². The Morgan fingerprint density at radius 2 is 1.32 bits per heavy atom. The number of amides is 1. The average Bonchev–Trinajstić information content (AvgIpc) is 3.08. The zero-order chi connectivity index (χ0) is 16.6. The van der Waals surface area contributed by atoms with Crippen molar-refractivity contribution in [2.75, 3.05) is 11.5 Å². The van der Waals surface area contributed by atoms with Crippen molar-refractivity contribution in [3.05, 3.63) is 0 Å². The van der Waals surface area contributed by atoms with Crippen LogP contribution in [0.1, 0.15) is 64.2 Å². The topological polar surface area (TPSA) is 29.1 Å². The molecule has 7 rings (SSSR count). The summed E-state index contributed by atoms with van der Waals surface area (Å²) in [4.78, 5) is 13.3. The maximum Gasteiger partial charge on any atom is 0.223 e. The van der Waals surface area contributed by atoms with Crippen molar-refractivity contribution in [3.8, 4) is 0 Å². The fourth-order valence-electron chi connectivity index (χ4n) is 8.24. The Hall–Kier alpha value is 0.170. The van der Waals surface area contributed by atoms with Gasteiger partial charge in [-0.05, 0) is 93.8 Å². The van der Waals surface area contributed by atoms with Crippen LogP contribution in [0.4, 0.5) is 0 Å². The van der Waals surface area contributed by atoms with Crippen molar-refractivity contribution in [3.63, 3.8) is 0 Å². The second-order valence-corrected chi connectivity index (χ2v) is 13.2. The SMILES string of the molecule is O=C(NC12CC3CC(CC(C3)C1)C2)C1C[C@H]2CC[C@@H](C1)C21SCCS1. The van der Waals surface area contributed by atoms with Crippen molar-refractivity contribution in [1.29, 1.82) is 0 Å². The van der Waals surface area contributed by atoms with Gasteiger partial charge in [0.2, 0.25) is 5.91 Å². The lowest BCUT2D eigenvalue weighted by molar-refractivity contribution is -0.132. The minimum Gasteiger partial charge on any atom is -0.350 e. The molecule has 7 aliphatic rings. The smallest absolute Gasteiger partial charge is 0.223 e. The fraction of sp³-hybridized carbons (Fsp3) is 0.952. The maximum atomic E-state index is 13.3. The Labute approximate surface area is 160 Å². The van der Waals surface area contributed by atoms with Gasteiger partial charge in [0.15, 0.2) is 0 Å². The highest BCUT2D eigenvalue weighted by Crippen LogP contribution is 2.66. The molecule has 7 fully saturated rings. The summed E-state index contributed by atoms with van der Waals surface area (Å²) in [6.07, 6.45) is 13.4. The van der Waals surface area contributed by atoms with Crippen LogP contribution in [0, 0.1) is 35.5 Å². The second-order valence-electron chi connectivity index (χ2n) is 10.2. The van der Waals surface area contributed by atoms with E-state index in [9.17, 15) is 4.79 Å². The normalized spacial score (nSPS) is 52.0. The first kappa shape index (κ1) is 16.2. The molecular formula is C21H31NOS2. The number of rotatable bonds is 2. The van der Waals surface area contributed by atoms with Gasteiger partial charge in [-0.25, -0.2) is 0 Å². The first-order valence-corrected chi connectivity index (χ1v) is 12.7. The Morgan fingerprint density at radius 3 is 1.84 bits per heavy atom. The molecule has 1 amide bonds. The van der Waals surface area contributed by atoms with Gasteiger partial charge in [0.05, 0.1) is 4.08 Å². The number of carbonyl (C=O) groups is 1. The molecule has 0 aromatic carbocycles. The van der Waals surface area contributed by atoms with E-state index in [-0.39, 0.29) is 5.54 Å². The van der Waals surface area contributed by atoms with Crippen LogP contribution in [0.15, 0.2) is 0 Å². The highest BCUT2D eigenvalue weighted by Gasteiger charge is 2.58. The number of nitrogens with one attached hydrogen (secondary N) is 1. The zero-order valence-corrected chi connectivity index (χ0v) is 16.8. The number of hydrogen-bond acceptors (Lipinski definition) is 3. The molecule has 1 aliphatic heterocycles. The molecular weight excluding hydrogens is 346 g/mol. The number of hydrogen-bond donors (Lipinski definition) is 1. The van der Waals surface area contributed by atoms with Crippen LogP contribution in [-0.4, -0.2) is 27.0 Å². The van der Waals surface area contributed by atoms with Gasteiger partial charge in [-0.2, -0.15) is 0 Å². The van der Waals surface area contributed by atoms with E-state index < -0.39 is 0 Å². The summed E-state index contributed by atoms with van der Waals surface area (Å²) in [6, 6.07) is 0. The van der Waals surface area contributed by atoms with Gasteiger partial charge in [0.1, 0.15) is 0 Å². The molecule has 25 heavy (non-hydrogen) atoms. The lowest BCUT2D eigenvalue weighted by Crippen LogP contribution is -2.61. The van der Waals surface area contributed by atoms with Crippen molar-refractivity contribution in [1.82, 2.24) is 5.32 Å². The van der Waals surface area contributed by atoms with Crippen LogP contribution in [0.3, 0.4) is 0 Å². The Morgan fingerprint density at radius 1 is 0.800 bits per heavy atom. The molecule has 6 saturated carbocycles. The molecule has 1 unspecified atom stereocenters. The summed E-state index contributed by atoms with van der Waals surface area (Å²) in [5, 5.41) is 3.69. The quantitative estimate of drug-likeness (QED) is 0.757. The summed E-state index contributed by atoms with van der Waals surface area (Å²) in [7, 11) is 0. The minimum absolute atomic E-state index is 0.205. The predicted molar refractivity (Wildman–Crippen MR) is 106 cm³/mol. The molecule has 2 nitrogen and oxygen atoms in total. The van der Waals surface area contributed by atoms with Gasteiger partial charge in [0, 0.05) is 23.0 Å². The van der Waals surface area contributed by atoms with Crippen molar-refractivity contribution < 1.29 is 4.79 Å². The zero-order valence-electron chi connectivity index (χ0n) is 15.2. The Balaban J connectivity index is 1.17. The monoisotopic (exact) mass is 377 g/mol. The van der Waals surface area contributed by atoms with E-state index in [0.717, 1.165) is 29.6 Å². The van der Waals surface area contributed by atoms with Crippen molar-refractivity contribution in [2.45, 2.75) is 73.8 Å². The standard InChI is InChI=1S/C21H31NOS2/c23-19(22-20-10-13-5-14(11-20)7-15(6-13)12-20)16-8-17-1-2-18(9-16)21(17)24-3-4-25-21/h13-18H,1-12H2,(H,22,23)/t13?,14?,15?,16?,17-,18+,20?. The van der Waals surface area contributed by atoms with Crippen LogP contribution in [0.2, 0.25) is 0 Å². The molecule has 1 spiro atoms. The van der Waals surface area contributed by atoms with Crippen LogP contribution in [0.5, 0.6) is 0 Å². The average molecular weight is 378 g/mol. The molecule has 1 saturated heterocycles. The lowest BCUT2D eigenvalue weighted by atomic mass is 9.53. The molecule has 0 radical (unpaired) electrons. The summed E-state index contributed by atoms with van der Waals surface area (Å²) < 4.78 is 0.511. The maximum absolute atomic E-state index is 13.3. The third-order valence-electron chi connectivity index (χ3n) is 8.68. The summed E-state index contributed by atoms with van der Waals surface area (Å²) >= 11 is 4.49. The van der Waals surface area contributed by atoms with E-state index in [0.29, 0.717) is 15.9 Å². The van der Waals surface area contributed by atoms with Crippen LogP contribution in [0.25, 0.3) is 0 Å². The molecule has 6 aliphatic carbocycles. The summed E-state index contributed by atoms with van der Waals surface area (Å²) in [5.41, 5.74) is 0.205. The molecule has 6 bridgehead atoms. The lowest BCUT2D eigenvalue weighted by Gasteiger charge is -2.57. The van der Waals surface area contributed by atoms with Crippen LogP contribution >= 0.6 is 23.5 Å². The number of carbonyl (C=O) groups excluding carboxylic acids is 1. The van der Waals surface area contributed by atoms with Gasteiger partial charge in [0.25, 0.3) is 0 Å². The van der Waals surface area contributed by atoms with Crippen molar-refractivity contribution in [2.24, 2.45) is 35.5 Å². The molecule has 138 valence electrons. The third kappa shape index (κ3) is 2.41. The molecule has 4 heteroatoms. The van der Waals surface area contributed by atoms with E-state index in [1.54, 1.807) is 0 Å². The molecule has 1 N–H and O–H groups in total. The molecule has 0 aromatic rings. The Bertz CT molecular complexity index is 533. The molecule has 1 heterocycles. The van der Waals surface area contributed by atoms with Crippen LogP contribution < -0.4 is 5.32 Å². The van der Waals surface area contributed by atoms with E-state index >= 15 is 0 Å². The van der Waals surface area contributed by atoms with Crippen LogP contribution in [-0.2, 0) is 4.79 Å². The first-order valence-electron chi connectivity index (χ1n) is 10.7. The molecule has 0 aromatic heterocycles. The van der Waals surface area contributed by atoms with Gasteiger partial charge in [-0.1, -0.05) is 0 Å². The van der Waals surface area contributed by atoms with E-state index in [2.05, 4.69) is 28.8 Å². The fourth-order valence-corrected chi connectivity index (χ4v) is 12.2. The van der Waals surface area contributed by atoms with Gasteiger partial charge in [-0.3, -0.25) is 4.79 Å². The van der Waals surface area contributed by atoms with Gasteiger partial charge < -0.3 is 5.32 Å². The van der Waals surface area contributed by atoms with Crippen molar-refractivity contribution >= 4 is 29.4 Å². The van der Waals surface area contributed by atoms with Gasteiger partial charge in [-0.15, -0.1) is 23.5 Å². The highest BCUT2D eigenvalue weighted by molar-refractivity contribution is 8.21. The number of thioether (sulfide) groups is 2. The first-order chi connectivity index (χ1) is 12.1. The Kier molecular flexibility index (Phi) is 3.61. The van der Waals surface area contributed by atoms with E-state index in [1.807, 2.05) is 0 Å². The third-order valence-corrected chi connectivity index (χ3v) is 12.7. The molecule has 3 atom stereocenters. The highest BCUT2D eigenvalue weighted by atomic mass is 32.2. The summed E-state index contributed by atoms with van der Waals surface area (Å²) in [6.45, 7) is 0.